The zero-order valence-corrected chi connectivity index (χ0v) is 18.2. The predicted molar refractivity (Wildman–Crippen MR) is 116 cm³/mol. The second-order valence-corrected chi connectivity index (χ2v) is 8.93. The molecule has 1 saturated carbocycles. The monoisotopic (exact) mass is 422 g/mol. The Morgan fingerprint density at radius 1 is 1.23 bits per heavy atom. The van der Waals surface area contributed by atoms with Gasteiger partial charge in [-0.3, -0.25) is 9.59 Å². The van der Waals surface area contributed by atoms with E-state index in [1.807, 2.05) is 24.3 Å². The topological polar surface area (TPSA) is 117 Å². The molecule has 3 heterocycles. The summed E-state index contributed by atoms with van der Waals surface area (Å²) in [5.74, 6) is -0.188. The molecule has 1 aliphatic carbocycles. The van der Waals surface area contributed by atoms with Crippen LogP contribution in [0.4, 0.5) is 0 Å². The van der Waals surface area contributed by atoms with E-state index in [4.69, 9.17) is 5.73 Å². The van der Waals surface area contributed by atoms with Crippen LogP contribution in [0.1, 0.15) is 60.3 Å². The minimum absolute atomic E-state index is 0.0531. The first-order valence-electron chi connectivity index (χ1n) is 11.1. The second kappa shape index (κ2) is 8.67. The number of hydrogen-bond donors (Lipinski definition) is 2. The second-order valence-electron chi connectivity index (χ2n) is 8.93. The minimum Gasteiger partial charge on any atom is -0.348 e. The van der Waals surface area contributed by atoms with Gasteiger partial charge in [-0.2, -0.15) is 5.26 Å². The van der Waals surface area contributed by atoms with Gasteiger partial charge in [-0.1, -0.05) is 0 Å². The van der Waals surface area contributed by atoms with Crippen molar-refractivity contribution in [3.63, 3.8) is 0 Å². The number of nitrogens with zero attached hydrogens (tertiary/aromatic N) is 4. The van der Waals surface area contributed by atoms with Crippen LogP contribution in [-0.2, 0) is 4.79 Å². The number of nitrogens with two attached hydrogens (primary N) is 1. The van der Waals surface area contributed by atoms with Crippen LogP contribution in [0.3, 0.4) is 0 Å². The maximum Gasteiger partial charge on any atom is 0.270 e. The molecule has 1 saturated heterocycles. The number of aromatic nitrogens is 2. The standard InChI is InChI=1S/C23H30N6O2/c1-14-10-15(2)29-13-26-19(11-20(14)29)22(30)27-17-7-5-16(6-8-17)21(25)23(31)28-9-3-4-18(28)12-24/h10-11,13,16-18,21H,3-9,25H2,1-2H3,(H,27,30)/t16?,17?,18-,21-/m0/s1. The molecule has 0 unspecified atom stereocenters. The molecule has 0 aromatic carbocycles. The molecule has 8 nitrogen and oxygen atoms in total. The quantitative estimate of drug-likeness (QED) is 0.782. The Labute approximate surface area is 182 Å². The highest BCUT2D eigenvalue weighted by Gasteiger charge is 2.36. The maximum atomic E-state index is 12.8. The van der Waals surface area contributed by atoms with Crippen molar-refractivity contribution in [3.8, 4) is 6.07 Å². The number of carbonyl (C=O) groups excluding carboxylic acids is 2. The highest BCUT2D eigenvalue weighted by atomic mass is 16.2. The number of fused-ring (bicyclic) bond motifs is 1. The number of hydrogen-bond acceptors (Lipinski definition) is 5. The molecule has 31 heavy (non-hydrogen) atoms. The molecular weight excluding hydrogens is 392 g/mol. The first-order chi connectivity index (χ1) is 14.9. The van der Waals surface area contributed by atoms with Gasteiger partial charge in [0.05, 0.1) is 17.6 Å². The van der Waals surface area contributed by atoms with Crippen LogP contribution >= 0.6 is 0 Å². The zero-order chi connectivity index (χ0) is 22.1. The molecule has 0 radical (unpaired) electrons. The van der Waals surface area contributed by atoms with E-state index in [-0.39, 0.29) is 29.8 Å². The van der Waals surface area contributed by atoms with Crippen LogP contribution in [-0.4, -0.2) is 50.8 Å². The Kier molecular flexibility index (Phi) is 5.96. The lowest BCUT2D eigenvalue weighted by Gasteiger charge is -2.34. The fourth-order valence-electron chi connectivity index (χ4n) is 5.02. The molecule has 1 aliphatic heterocycles. The maximum absolute atomic E-state index is 12.8. The van der Waals surface area contributed by atoms with Gasteiger partial charge in [-0.05, 0) is 76.0 Å². The van der Waals surface area contributed by atoms with E-state index in [0.717, 1.165) is 55.3 Å². The number of aryl methyl sites for hydroxylation is 2. The number of likely N-dealkylation sites (tertiary alicyclic amines) is 1. The van der Waals surface area contributed by atoms with Crippen LogP contribution < -0.4 is 11.1 Å². The van der Waals surface area contributed by atoms with Crippen molar-refractivity contribution in [2.45, 2.75) is 70.5 Å². The van der Waals surface area contributed by atoms with Crippen molar-refractivity contribution in [1.29, 1.82) is 5.26 Å². The number of rotatable bonds is 4. The summed E-state index contributed by atoms with van der Waals surface area (Å²) in [5.41, 5.74) is 9.90. The van der Waals surface area contributed by atoms with Crippen molar-refractivity contribution < 1.29 is 9.59 Å². The van der Waals surface area contributed by atoms with Crippen LogP contribution in [0.5, 0.6) is 0 Å². The highest BCUT2D eigenvalue weighted by Crippen LogP contribution is 2.29. The lowest BCUT2D eigenvalue weighted by Crippen LogP contribution is -2.50. The first kappa shape index (κ1) is 21.3. The van der Waals surface area contributed by atoms with Gasteiger partial charge in [0.25, 0.3) is 5.91 Å². The molecule has 0 bridgehead atoms. The Morgan fingerprint density at radius 3 is 2.68 bits per heavy atom. The van der Waals surface area contributed by atoms with Crippen molar-refractivity contribution in [1.82, 2.24) is 19.6 Å². The summed E-state index contributed by atoms with van der Waals surface area (Å²) in [7, 11) is 0. The number of amides is 2. The van der Waals surface area contributed by atoms with Crippen molar-refractivity contribution in [2.75, 3.05) is 6.54 Å². The largest absolute Gasteiger partial charge is 0.348 e. The molecule has 2 aliphatic rings. The van der Waals surface area contributed by atoms with Gasteiger partial charge < -0.3 is 20.4 Å². The smallest absolute Gasteiger partial charge is 0.270 e. The molecule has 0 spiro atoms. The van der Waals surface area contributed by atoms with Gasteiger partial charge in [0.15, 0.2) is 0 Å². The van der Waals surface area contributed by atoms with Gasteiger partial charge in [0, 0.05) is 18.3 Å². The van der Waals surface area contributed by atoms with E-state index in [0.29, 0.717) is 12.2 Å². The van der Waals surface area contributed by atoms with E-state index in [1.54, 1.807) is 11.2 Å². The fourth-order valence-corrected chi connectivity index (χ4v) is 5.02. The third-order valence-corrected chi connectivity index (χ3v) is 6.87. The summed E-state index contributed by atoms with van der Waals surface area (Å²) in [6, 6.07) is 5.25. The van der Waals surface area contributed by atoms with Crippen LogP contribution in [0, 0.1) is 31.1 Å². The highest BCUT2D eigenvalue weighted by molar-refractivity contribution is 5.93. The van der Waals surface area contributed by atoms with Crippen molar-refractivity contribution in [2.24, 2.45) is 11.7 Å². The Morgan fingerprint density at radius 2 is 1.97 bits per heavy atom. The third-order valence-electron chi connectivity index (χ3n) is 6.87. The summed E-state index contributed by atoms with van der Waals surface area (Å²) < 4.78 is 1.98. The van der Waals surface area contributed by atoms with Gasteiger partial charge in [0.1, 0.15) is 18.1 Å². The summed E-state index contributed by atoms with van der Waals surface area (Å²) in [6.45, 7) is 4.66. The number of carbonyl (C=O) groups is 2. The Hall–Kier alpha value is -2.92. The van der Waals surface area contributed by atoms with Crippen molar-refractivity contribution in [3.05, 3.63) is 35.4 Å². The molecule has 8 heteroatoms. The zero-order valence-electron chi connectivity index (χ0n) is 18.2. The molecular formula is C23H30N6O2. The SMILES string of the molecule is Cc1cc(C)n2cnc(C(=O)NC3CCC([C@H](N)C(=O)N4CCC[C@H]4C#N)CC3)cc12. The van der Waals surface area contributed by atoms with Gasteiger partial charge in [-0.25, -0.2) is 4.98 Å². The van der Waals surface area contributed by atoms with E-state index in [2.05, 4.69) is 22.4 Å². The molecule has 2 fully saturated rings. The number of nitriles is 1. The fraction of sp³-hybridized carbons (Fsp3) is 0.565. The Bertz CT molecular complexity index is 1030. The van der Waals surface area contributed by atoms with E-state index in [9.17, 15) is 14.9 Å². The summed E-state index contributed by atoms with van der Waals surface area (Å²) >= 11 is 0. The van der Waals surface area contributed by atoms with Crippen molar-refractivity contribution >= 4 is 17.3 Å². The first-order valence-corrected chi connectivity index (χ1v) is 11.1. The minimum atomic E-state index is -0.574. The number of nitrogens with one attached hydrogen (secondary N) is 1. The average molecular weight is 423 g/mol. The Balaban J connectivity index is 1.33. The molecule has 164 valence electrons. The lowest BCUT2D eigenvalue weighted by atomic mass is 9.81. The van der Waals surface area contributed by atoms with E-state index >= 15 is 0 Å². The summed E-state index contributed by atoms with van der Waals surface area (Å²) in [4.78, 5) is 31.5. The molecule has 2 aromatic heterocycles. The van der Waals surface area contributed by atoms with E-state index < -0.39 is 6.04 Å². The average Bonchev–Trinajstić information content (AvgIpc) is 3.37. The molecule has 2 atom stereocenters. The van der Waals surface area contributed by atoms with Crippen LogP contribution in [0.25, 0.3) is 5.52 Å². The van der Waals surface area contributed by atoms with Crippen LogP contribution in [0.2, 0.25) is 0 Å². The normalized spacial score (nSPS) is 24.7. The van der Waals surface area contributed by atoms with Crippen LogP contribution in [0.15, 0.2) is 18.5 Å². The predicted octanol–water partition coefficient (Wildman–Crippen LogP) is 2.08. The molecule has 2 amide bonds. The van der Waals surface area contributed by atoms with Gasteiger partial charge in [0.2, 0.25) is 5.91 Å². The summed E-state index contributed by atoms with van der Waals surface area (Å²) in [5, 5.41) is 12.3. The lowest BCUT2D eigenvalue weighted by molar-refractivity contribution is -0.134. The summed E-state index contributed by atoms with van der Waals surface area (Å²) in [6.07, 6.45) is 6.42. The third kappa shape index (κ3) is 4.15. The molecule has 4 rings (SSSR count). The molecule has 2 aromatic rings. The van der Waals surface area contributed by atoms with E-state index in [1.165, 1.54) is 0 Å². The molecule has 3 N–H and O–H groups in total. The van der Waals surface area contributed by atoms with Gasteiger partial charge >= 0.3 is 0 Å². The van der Waals surface area contributed by atoms with Gasteiger partial charge in [-0.15, -0.1) is 0 Å².